The van der Waals surface area contributed by atoms with Crippen molar-refractivity contribution in [2.75, 3.05) is 18.4 Å². The summed E-state index contributed by atoms with van der Waals surface area (Å²) in [6.07, 6.45) is 0. The lowest BCUT2D eigenvalue weighted by molar-refractivity contribution is -0.384. The molecule has 3 N–H and O–H groups in total. The van der Waals surface area contributed by atoms with Crippen molar-refractivity contribution in [1.82, 2.24) is 4.90 Å². The first-order chi connectivity index (χ1) is 9.85. The number of nitrogens with one attached hydrogen (secondary N) is 1. The standard InChI is InChI=1S/C13H18N4O4/c1-3-16(8-9(2)12(14)18)13(19)15-10-4-6-11(7-5-10)17(20)21/h4-7,9H,3,8H2,1-2H3,(H2,14,18)(H,15,19). The lowest BCUT2D eigenvalue weighted by Crippen LogP contribution is -2.40. The van der Waals surface area contributed by atoms with Crippen molar-refractivity contribution in [3.8, 4) is 0 Å². The summed E-state index contributed by atoms with van der Waals surface area (Å²) in [5, 5.41) is 13.2. The number of nitrogens with two attached hydrogens (primary N) is 1. The molecule has 0 spiro atoms. The molecule has 1 rings (SSSR count). The average molecular weight is 294 g/mol. The van der Waals surface area contributed by atoms with Crippen LogP contribution < -0.4 is 11.1 Å². The molecular weight excluding hydrogens is 276 g/mol. The van der Waals surface area contributed by atoms with Crippen molar-refractivity contribution >= 4 is 23.3 Å². The SMILES string of the molecule is CCN(CC(C)C(N)=O)C(=O)Nc1ccc([N+](=O)[O-])cc1. The molecule has 0 bridgehead atoms. The van der Waals surface area contributed by atoms with E-state index < -0.39 is 16.7 Å². The van der Waals surface area contributed by atoms with Gasteiger partial charge >= 0.3 is 6.03 Å². The molecule has 3 amide bonds. The zero-order valence-corrected chi connectivity index (χ0v) is 11.9. The molecule has 0 aliphatic rings. The third-order valence-corrected chi connectivity index (χ3v) is 2.98. The van der Waals surface area contributed by atoms with Crippen LogP contribution in [0, 0.1) is 16.0 Å². The summed E-state index contributed by atoms with van der Waals surface area (Å²) in [6.45, 7) is 4.05. The van der Waals surface area contributed by atoms with Crippen molar-refractivity contribution < 1.29 is 14.5 Å². The van der Waals surface area contributed by atoms with Crippen LogP contribution in [0.25, 0.3) is 0 Å². The number of nitrogens with zero attached hydrogens (tertiary/aromatic N) is 2. The maximum absolute atomic E-state index is 12.0. The van der Waals surface area contributed by atoms with Gasteiger partial charge in [0.2, 0.25) is 5.91 Å². The van der Waals surface area contributed by atoms with E-state index in [0.717, 1.165) is 0 Å². The lowest BCUT2D eigenvalue weighted by Gasteiger charge is -2.23. The summed E-state index contributed by atoms with van der Waals surface area (Å²) in [7, 11) is 0. The minimum atomic E-state index is -0.515. The fourth-order valence-electron chi connectivity index (χ4n) is 1.65. The van der Waals surface area contributed by atoms with Crippen LogP contribution in [0.5, 0.6) is 0 Å². The Morgan fingerprint density at radius 1 is 1.38 bits per heavy atom. The van der Waals surface area contributed by atoms with Gasteiger partial charge < -0.3 is 16.0 Å². The normalized spacial score (nSPS) is 11.5. The summed E-state index contributed by atoms with van der Waals surface area (Å²) < 4.78 is 0. The summed E-state index contributed by atoms with van der Waals surface area (Å²) in [5.41, 5.74) is 5.56. The van der Waals surface area contributed by atoms with Gasteiger partial charge in [0, 0.05) is 30.9 Å². The molecule has 0 radical (unpaired) electrons. The van der Waals surface area contributed by atoms with Crippen LogP contribution in [0.3, 0.4) is 0 Å². The number of rotatable bonds is 6. The highest BCUT2D eigenvalue weighted by Gasteiger charge is 2.18. The second-order valence-electron chi connectivity index (χ2n) is 4.58. The minimum Gasteiger partial charge on any atom is -0.369 e. The van der Waals surface area contributed by atoms with Gasteiger partial charge in [-0.25, -0.2) is 4.79 Å². The Bertz CT molecular complexity index is 529. The molecule has 21 heavy (non-hydrogen) atoms. The van der Waals surface area contributed by atoms with E-state index in [1.165, 1.54) is 29.2 Å². The molecular formula is C13H18N4O4. The van der Waals surface area contributed by atoms with Gasteiger partial charge in [0.25, 0.3) is 5.69 Å². The highest BCUT2D eigenvalue weighted by Crippen LogP contribution is 2.16. The van der Waals surface area contributed by atoms with Crippen molar-refractivity contribution in [3.05, 3.63) is 34.4 Å². The number of nitro benzene ring substituents is 1. The third kappa shape index (κ3) is 4.75. The molecule has 0 heterocycles. The van der Waals surface area contributed by atoms with E-state index >= 15 is 0 Å². The predicted molar refractivity (Wildman–Crippen MR) is 77.7 cm³/mol. The summed E-state index contributed by atoms with van der Waals surface area (Å²) >= 11 is 0. The molecule has 0 saturated carbocycles. The number of anilines is 1. The Labute approximate surface area is 122 Å². The van der Waals surface area contributed by atoms with Crippen molar-refractivity contribution in [1.29, 1.82) is 0 Å². The molecule has 1 unspecified atom stereocenters. The number of non-ortho nitro benzene ring substituents is 1. The first-order valence-corrected chi connectivity index (χ1v) is 6.44. The fourth-order valence-corrected chi connectivity index (χ4v) is 1.65. The van der Waals surface area contributed by atoms with Gasteiger partial charge in [-0.2, -0.15) is 0 Å². The number of nitro groups is 1. The first-order valence-electron chi connectivity index (χ1n) is 6.44. The molecule has 0 saturated heterocycles. The number of benzene rings is 1. The molecule has 0 aliphatic carbocycles. The van der Waals surface area contributed by atoms with Crippen LogP contribution in [0.4, 0.5) is 16.2 Å². The molecule has 1 aromatic rings. The number of hydrogen-bond donors (Lipinski definition) is 2. The Morgan fingerprint density at radius 2 is 1.95 bits per heavy atom. The topological polar surface area (TPSA) is 119 Å². The summed E-state index contributed by atoms with van der Waals surface area (Å²) in [5.74, 6) is -0.927. The highest BCUT2D eigenvalue weighted by atomic mass is 16.6. The van der Waals surface area contributed by atoms with Crippen LogP contribution in [-0.4, -0.2) is 34.9 Å². The monoisotopic (exact) mass is 294 g/mol. The quantitative estimate of drug-likeness (QED) is 0.611. The van der Waals surface area contributed by atoms with E-state index in [0.29, 0.717) is 12.2 Å². The molecule has 8 nitrogen and oxygen atoms in total. The maximum atomic E-state index is 12.0. The number of hydrogen-bond acceptors (Lipinski definition) is 4. The number of primary amides is 1. The number of amides is 3. The van der Waals surface area contributed by atoms with Crippen LogP contribution >= 0.6 is 0 Å². The van der Waals surface area contributed by atoms with Gasteiger partial charge in [-0.3, -0.25) is 14.9 Å². The van der Waals surface area contributed by atoms with E-state index in [2.05, 4.69) is 5.32 Å². The molecule has 1 aromatic carbocycles. The zero-order valence-electron chi connectivity index (χ0n) is 11.9. The Morgan fingerprint density at radius 3 is 2.38 bits per heavy atom. The van der Waals surface area contributed by atoms with Crippen molar-refractivity contribution in [2.24, 2.45) is 11.7 Å². The third-order valence-electron chi connectivity index (χ3n) is 2.98. The average Bonchev–Trinajstić information content (AvgIpc) is 2.44. The van der Waals surface area contributed by atoms with Gasteiger partial charge in [0.05, 0.1) is 10.8 Å². The molecule has 0 fully saturated rings. The molecule has 0 aliphatic heterocycles. The first kappa shape index (κ1) is 16.4. The fraction of sp³-hybridized carbons (Fsp3) is 0.385. The number of carbonyl (C=O) groups excluding carboxylic acids is 2. The van der Waals surface area contributed by atoms with E-state index in [-0.39, 0.29) is 18.3 Å². The van der Waals surface area contributed by atoms with E-state index in [1.807, 2.05) is 0 Å². The van der Waals surface area contributed by atoms with Gasteiger partial charge in [-0.05, 0) is 19.1 Å². The Kier molecular flexibility index (Phi) is 5.65. The smallest absolute Gasteiger partial charge is 0.321 e. The molecule has 0 aromatic heterocycles. The van der Waals surface area contributed by atoms with Crippen LogP contribution in [0.2, 0.25) is 0 Å². The van der Waals surface area contributed by atoms with Crippen molar-refractivity contribution in [2.45, 2.75) is 13.8 Å². The van der Waals surface area contributed by atoms with Gasteiger partial charge in [0.15, 0.2) is 0 Å². The molecule has 114 valence electrons. The van der Waals surface area contributed by atoms with Gasteiger partial charge in [-0.15, -0.1) is 0 Å². The second-order valence-corrected chi connectivity index (χ2v) is 4.58. The highest BCUT2D eigenvalue weighted by molar-refractivity contribution is 5.89. The molecule has 1 atom stereocenters. The Balaban J connectivity index is 2.69. The maximum Gasteiger partial charge on any atom is 0.321 e. The zero-order chi connectivity index (χ0) is 16.0. The van der Waals surface area contributed by atoms with Crippen LogP contribution in [-0.2, 0) is 4.79 Å². The largest absolute Gasteiger partial charge is 0.369 e. The molecule has 8 heteroatoms. The van der Waals surface area contributed by atoms with Gasteiger partial charge in [-0.1, -0.05) is 6.92 Å². The van der Waals surface area contributed by atoms with Gasteiger partial charge in [0.1, 0.15) is 0 Å². The lowest BCUT2D eigenvalue weighted by atomic mass is 10.1. The minimum absolute atomic E-state index is 0.0531. The predicted octanol–water partition coefficient (Wildman–Crippen LogP) is 1.57. The van der Waals surface area contributed by atoms with E-state index in [4.69, 9.17) is 5.73 Å². The van der Waals surface area contributed by atoms with Crippen molar-refractivity contribution in [3.63, 3.8) is 0 Å². The number of carbonyl (C=O) groups is 2. The van der Waals surface area contributed by atoms with Crippen LogP contribution in [0.15, 0.2) is 24.3 Å². The summed E-state index contributed by atoms with van der Waals surface area (Å²) in [6, 6.07) is 5.11. The number of urea groups is 1. The van der Waals surface area contributed by atoms with E-state index in [1.54, 1.807) is 13.8 Å². The van der Waals surface area contributed by atoms with Crippen LogP contribution in [0.1, 0.15) is 13.8 Å². The van der Waals surface area contributed by atoms with E-state index in [9.17, 15) is 19.7 Å². The summed E-state index contributed by atoms with van der Waals surface area (Å²) in [4.78, 5) is 34.5. The second kappa shape index (κ2) is 7.22. The Hall–Kier alpha value is -2.64.